The predicted octanol–water partition coefficient (Wildman–Crippen LogP) is 4.74. The molecule has 0 spiro atoms. The van der Waals surface area contributed by atoms with Gasteiger partial charge in [-0.05, 0) is 74.4 Å². The maximum atomic E-state index is 14.0. The van der Waals surface area contributed by atoms with Gasteiger partial charge in [0, 0.05) is 76.0 Å². The number of carbonyl (C=O) groups is 2. The van der Waals surface area contributed by atoms with Crippen LogP contribution in [-0.2, 0) is 9.59 Å². The second kappa shape index (κ2) is 12.2. The van der Waals surface area contributed by atoms with Crippen molar-refractivity contribution in [3.8, 4) is 0 Å². The second-order valence-corrected chi connectivity index (χ2v) is 11.1. The number of piperidine rings is 2. The number of amides is 2. The summed E-state index contributed by atoms with van der Waals surface area (Å²) >= 11 is 0. The molecule has 0 aliphatic carbocycles. The van der Waals surface area contributed by atoms with Crippen molar-refractivity contribution < 1.29 is 14.0 Å². The Bertz CT molecular complexity index is 1290. The average molecular weight is 534 g/mol. The fourth-order valence-electron chi connectivity index (χ4n) is 6.22. The molecule has 2 fully saturated rings. The third-order valence-electron chi connectivity index (χ3n) is 8.64. The van der Waals surface area contributed by atoms with Crippen LogP contribution >= 0.6 is 0 Å². The summed E-state index contributed by atoms with van der Waals surface area (Å²) < 4.78 is 16.4. The van der Waals surface area contributed by atoms with Gasteiger partial charge in [0.15, 0.2) is 0 Å². The standard InChI is InChI=1S/C31H40FN5O2/c1-23-6-7-26(20-28(23)32)35-16-8-24(9-17-35)21-34-14-10-25(11-15-34)37-19-12-27-29(4-3-5-30(27)37)36(22-38)18-13-31(39)33-2/h3-7,12,19-20,22,24-25H,8-11,13-18,21H2,1-2H3,(H,33,39). The smallest absolute Gasteiger partial charge is 0.221 e. The number of rotatable bonds is 9. The fourth-order valence-corrected chi connectivity index (χ4v) is 6.22. The van der Waals surface area contributed by atoms with Crippen molar-refractivity contribution in [3.05, 3.63) is 60.0 Å². The van der Waals surface area contributed by atoms with Crippen molar-refractivity contribution >= 4 is 34.6 Å². The quantitative estimate of drug-likeness (QED) is 0.404. The number of anilines is 2. The molecule has 39 heavy (non-hydrogen) atoms. The minimum absolute atomic E-state index is 0.0782. The van der Waals surface area contributed by atoms with Crippen molar-refractivity contribution in [1.82, 2.24) is 14.8 Å². The number of nitrogens with one attached hydrogen (secondary N) is 1. The molecule has 0 bridgehead atoms. The molecule has 208 valence electrons. The van der Waals surface area contributed by atoms with Gasteiger partial charge in [-0.1, -0.05) is 12.1 Å². The van der Waals surface area contributed by atoms with E-state index in [2.05, 4.69) is 38.0 Å². The molecule has 2 aliphatic heterocycles. The first-order chi connectivity index (χ1) is 19.0. The number of halogens is 1. The van der Waals surface area contributed by atoms with Gasteiger partial charge in [-0.25, -0.2) is 4.39 Å². The largest absolute Gasteiger partial charge is 0.371 e. The number of carbonyl (C=O) groups excluding carboxylic acids is 2. The van der Waals surface area contributed by atoms with Gasteiger partial charge < -0.3 is 24.6 Å². The van der Waals surface area contributed by atoms with Crippen LogP contribution in [0.2, 0.25) is 0 Å². The summed E-state index contributed by atoms with van der Waals surface area (Å²) in [4.78, 5) is 30.1. The molecule has 5 rings (SSSR count). The molecule has 1 aromatic heterocycles. The van der Waals surface area contributed by atoms with Gasteiger partial charge >= 0.3 is 0 Å². The van der Waals surface area contributed by atoms with E-state index in [4.69, 9.17) is 0 Å². The van der Waals surface area contributed by atoms with Crippen LogP contribution in [0.4, 0.5) is 15.8 Å². The van der Waals surface area contributed by atoms with Gasteiger partial charge in [0.2, 0.25) is 12.3 Å². The lowest BCUT2D eigenvalue weighted by molar-refractivity contribution is -0.120. The Morgan fingerprint density at radius 3 is 2.54 bits per heavy atom. The van der Waals surface area contributed by atoms with Crippen molar-refractivity contribution in [2.24, 2.45) is 5.92 Å². The van der Waals surface area contributed by atoms with Crippen molar-refractivity contribution in [2.75, 3.05) is 56.1 Å². The van der Waals surface area contributed by atoms with E-state index >= 15 is 0 Å². The minimum atomic E-state index is -0.119. The molecule has 0 unspecified atom stereocenters. The first kappa shape index (κ1) is 27.2. The Balaban J connectivity index is 1.15. The number of hydrogen-bond donors (Lipinski definition) is 1. The third-order valence-corrected chi connectivity index (χ3v) is 8.64. The monoisotopic (exact) mass is 533 g/mol. The highest BCUT2D eigenvalue weighted by Crippen LogP contribution is 2.33. The lowest BCUT2D eigenvalue weighted by Crippen LogP contribution is -2.41. The van der Waals surface area contributed by atoms with Crippen molar-refractivity contribution in [1.29, 1.82) is 0 Å². The molecule has 0 atom stereocenters. The highest BCUT2D eigenvalue weighted by molar-refractivity contribution is 5.97. The molecule has 2 aromatic carbocycles. The van der Waals surface area contributed by atoms with E-state index in [1.54, 1.807) is 18.0 Å². The lowest BCUT2D eigenvalue weighted by atomic mass is 9.94. The normalized spacial score (nSPS) is 17.5. The number of fused-ring (bicyclic) bond motifs is 1. The number of nitrogens with zero attached hydrogens (tertiary/aromatic N) is 4. The van der Waals surface area contributed by atoms with Gasteiger partial charge in [0.05, 0.1) is 11.2 Å². The highest BCUT2D eigenvalue weighted by Gasteiger charge is 2.26. The van der Waals surface area contributed by atoms with E-state index in [-0.39, 0.29) is 18.1 Å². The van der Waals surface area contributed by atoms with Gasteiger partial charge in [0.25, 0.3) is 0 Å². The summed E-state index contributed by atoms with van der Waals surface area (Å²) in [5, 5.41) is 3.66. The summed E-state index contributed by atoms with van der Waals surface area (Å²) in [5.41, 5.74) is 3.69. The molecule has 8 heteroatoms. The maximum absolute atomic E-state index is 14.0. The van der Waals surface area contributed by atoms with Crippen LogP contribution in [0.5, 0.6) is 0 Å². The second-order valence-electron chi connectivity index (χ2n) is 11.1. The van der Waals surface area contributed by atoms with Crippen LogP contribution in [-0.4, -0.2) is 68.1 Å². The van der Waals surface area contributed by atoms with Crippen LogP contribution in [0.25, 0.3) is 10.9 Å². The first-order valence-electron chi connectivity index (χ1n) is 14.2. The van der Waals surface area contributed by atoms with E-state index in [1.807, 2.05) is 31.2 Å². The zero-order valence-electron chi connectivity index (χ0n) is 23.1. The Kier molecular flexibility index (Phi) is 8.50. The number of likely N-dealkylation sites (tertiary alicyclic amines) is 1. The number of aromatic nitrogens is 1. The topological polar surface area (TPSA) is 60.8 Å². The predicted molar refractivity (Wildman–Crippen MR) is 155 cm³/mol. The van der Waals surface area contributed by atoms with E-state index < -0.39 is 0 Å². The van der Waals surface area contributed by atoms with Crippen LogP contribution in [0.15, 0.2) is 48.7 Å². The molecule has 0 saturated carbocycles. The Labute approximate surface area is 230 Å². The number of hydrogen-bond acceptors (Lipinski definition) is 4. The van der Waals surface area contributed by atoms with E-state index in [0.29, 0.717) is 24.1 Å². The van der Waals surface area contributed by atoms with Crippen LogP contribution in [0.1, 0.15) is 43.7 Å². The highest BCUT2D eigenvalue weighted by atomic mass is 19.1. The SMILES string of the molecule is CNC(=O)CCN(C=O)c1cccc2c1ccn2C1CCN(CC2CCN(c3ccc(C)c(F)c3)CC2)CC1. The average Bonchev–Trinajstić information content (AvgIpc) is 3.40. The van der Waals surface area contributed by atoms with Gasteiger partial charge in [0.1, 0.15) is 5.82 Å². The molecule has 2 saturated heterocycles. The lowest BCUT2D eigenvalue weighted by Gasteiger charge is -2.38. The third kappa shape index (κ3) is 6.11. The van der Waals surface area contributed by atoms with Gasteiger partial charge in [-0.2, -0.15) is 0 Å². The molecule has 1 N–H and O–H groups in total. The van der Waals surface area contributed by atoms with Crippen LogP contribution in [0, 0.1) is 18.7 Å². The molecule has 3 heterocycles. The Morgan fingerprint density at radius 2 is 1.85 bits per heavy atom. The fraction of sp³-hybridized carbons (Fsp3) is 0.484. The van der Waals surface area contributed by atoms with Crippen LogP contribution < -0.4 is 15.1 Å². The Hall–Kier alpha value is -3.39. The van der Waals surface area contributed by atoms with Crippen molar-refractivity contribution in [3.63, 3.8) is 0 Å². The van der Waals surface area contributed by atoms with E-state index in [0.717, 1.165) is 87.1 Å². The van der Waals surface area contributed by atoms with Crippen LogP contribution in [0.3, 0.4) is 0 Å². The molecule has 2 amide bonds. The summed E-state index contributed by atoms with van der Waals surface area (Å²) in [6.07, 6.45) is 7.74. The molecule has 7 nitrogen and oxygen atoms in total. The first-order valence-corrected chi connectivity index (χ1v) is 14.2. The molecular weight excluding hydrogens is 493 g/mol. The molecular formula is C31H40FN5O2. The van der Waals surface area contributed by atoms with E-state index in [9.17, 15) is 14.0 Å². The Morgan fingerprint density at radius 1 is 1.08 bits per heavy atom. The molecule has 0 radical (unpaired) electrons. The summed E-state index contributed by atoms with van der Waals surface area (Å²) in [7, 11) is 1.61. The number of aryl methyl sites for hydroxylation is 1. The zero-order chi connectivity index (χ0) is 27.4. The van der Waals surface area contributed by atoms with Gasteiger partial charge in [-0.3, -0.25) is 9.59 Å². The summed E-state index contributed by atoms with van der Waals surface area (Å²) in [5.74, 6) is 0.490. The zero-order valence-corrected chi connectivity index (χ0v) is 23.1. The van der Waals surface area contributed by atoms with E-state index in [1.165, 1.54) is 0 Å². The summed E-state index contributed by atoms with van der Waals surface area (Å²) in [6.45, 7) is 7.44. The number of benzene rings is 2. The van der Waals surface area contributed by atoms with Gasteiger partial charge in [-0.15, -0.1) is 0 Å². The van der Waals surface area contributed by atoms with Crippen molar-refractivity contribution in [2.45, 2.75) is 45.1 Å². The molecule has 2 aliphatic rings. The molecule has 3 aromatic rings. The summed E-state index contributed by atoms with van der Waals surface area (Å²) in [6, 6.07) is 14.2. The minimum Gasteiger partial charge on any atom is -0.371 e. The maximum Gasteiger partial charge on any atom is 0.221 e.